The average Bonchev–Trinajstić information content (AvgIpc) is 3.49. The Hall–Kier alpha value is -3.11. The second kappa shape index (κ2) is 17.6. The quantitative estimate of drug-likeness (QED) is 0.400. The third-order valence-electron chi connectivity index (χ3n) is 6.85. The van der Waals surface area contributed by atoms with Crippen LogP contribution in [0.1, 0.15) is 63.5 Å². The lowest BCUT2D eigenvalue weighted by molar-refractivity contribution is -0.139. The van der Waals surface area contributed by atoms with Gasteiger partial charge in [-0.25, -0.2) is 4.79 Å². The van der Waals surface area contributed by atoms with Gasteiger partial charge in [-0.15, -0.1) is 0 Å². The number of ether oxygens (including phenoxy) is 2. The van der Waals surface area contributed by atoms with Crippen LogP contribution < -0.4 is 5.32 Å². The lowest BCUT2D eigenvalue weighted by Gasteiger charge is -2.27. The number of halogens is 1. The molecule has 3 amide bonds. The van der Waals surface area contributed by atoms with Crippen LogP contribution in [0.15, 0.2) is 30.4 Å². The highest BCUT2D eigenvalue weighted by Crippen LogP contribution is 2.32. The molecule has 2 N–H and O–H groups in total. The number of rotatable bonds is 4. The first-order chi connectivity index (χ1) is 19.2. The fourth-order valence-corrected chi connectivity index (χ4v) is 4.70. The smallest absolute Gasteiger partial charge is 0.407 e. The molecule has 3 aliphatic rings. The van der Waals surface area contributed by atoms with Crippen LogP contribution in [-0.4, -0.2) is 78.2 Å². The SMILES string of the molecule is CCCC1C(=O)NC2C[C@H]2/C=C\COCCCCC(=O)N1C.CCOC=O.O=C(O)N1Cc2cccc(Cl)c2C1. The Morgan fingerprint density at radius 3 is 2.65 bits per heavy atom. The number of nitrogens with one attached hydrogen (secondary N) is 1. The van der Waals surface area contributed by atoms with Crippen LogP contribution in [0.4, 0.5) is 4.79 Å². The first-order valence-corrected chi connectivity index (χ1v) is 14.2. The zero-order valence-corrected chi connectivity index (χ0v) is 24.4. The van der Waals surface area contributed by atoms with Crippen LogP contribution in [0.25, 0.3) is 0 Å². The number of carboxylic acid groups (broad SMARTS) is 1. The van der Waals surface area contributed by atoms with Gasteiger partial charge in [0.25, 0.3) is 6.47 Å². The van der Waals surface area contributed by atoms with Gasteiger partial charge in [0.05, 0.1) is 19.8 Å². The van der Waals surface area contributed by atoms with Gasteiger partial charge in [-0.2, -0.15) is 0 Å². The van der Waals surface area contributed by atoms with Gasteiger partial charge in [0.1, 0.15) is 6.04 Å². The van der Waals surface area contributed by atoms with Crippen molar-refractivity contribution in [3.63, 3.8) is 0 Å². The molecule has 2 heterocycles. The summed E-state index contributed by atoms with van der Waals surface area (Å²) in [6.07, 6.45) is 8.02. The molecule has 1 aromatic carbocycles. The summed E-state index contributed by atoms with van der Waals surface area (Å²) < 4.78 is 9.67. The van der Waals surface area contributed by atoms with E-state index in [1.807, 2.05) is 25.1 Å². The topological polar surface area (TPSA) is 125 Å². The van der Waals surface area contributed by atoms with Crippen LogP contribution in [0.5, 0.6) is 0 Å². The van der Waals surface area contributed by atoms with Crippen LogP contribution in [0, 0.1) is 5.92 Å². The molecule has 40 heavy (non-hydrogen) atoms. The molecule has 0 radical (unpaired) electrons. The van der Waals surface area contributed by atoms with E-state index in [4.69, 9.17) is 21.4 Å². The molecule has 1 aromatic rings. The Kier molecular flexibility index (Phi) is 14.5. The van der Waals surface area contributed by atoms with Gasteiger partial charge in [-0.3, -0.25) is 19.3 Å². The molecule has 1 fully saturated rings. The van der Waals surface area contributed by atoms with Gasteiger partial charge in [0, 0.05) is 37.7 Å². The summed E-state index contributed by atoms with van der Waals surface area (Å²) in [5.41, 5.74) is 1.95. The number of amides is 3. The Morgan fingerprint density at radius 1 is 1.25 bits per heavy atom. The number of fused-ring (bicyclic) bond motifs is 2. The van der Waals surface area contributed by atoms with E-state index in [0.717, 1.165) is 36.8 Å². The van der Waals surface area contributed by atoms with Gasteiger partial charge in [0.15, 0.2) is 0 Å². The molecule has 10 nitrogen and oxygen atoms in total. The standard InChI is InChI=1S/C17H28N2O3.C9H8ClNO2.C3H6O2/c1-3-7-15-17(21)18-14-12-13(14)8-6-11-22-10-5-4-9-16(20)19(15)2;10-8-3-1-2-6-4-11(9(12)13)5-7(6)8;1-2-5-3-4/h6,8,13-15H,3-5,7,9-12H2,1-2H3,(H,18,21);1-3H,4-5H2,(H,12,13);3H,2H2,1H3/b8-6-;;/t13-,14?,15?;;/m1../s1. The molecule has 1 saturated carbocycles. The van der Waals surface area contributed by atoms with Crippen molar-refractivity contribution >= 4 is 36.0 Å². The molecule has 3 atom stereocenters. The summed E-state index contributed by atoms with van der Waals surface area (Å²) >= 11 is 5.92. The maximum Gasteiger partial charge on any atom is 0.407 e. The van der Waals surface area contributed by atoms with E-state index in [9.17, 15) is 19.2 Å². The second-order valence-corrected chi connectivity index (χ2v) is 10.3. The van der Waals surface area contributed by atoms with Crippen molar-refractivity contribution in [1.82, 2.24) is 15.1 Å². The molecule has 4 rings (SSSR count). The van der Waals surface area contributed by atoms with Gasteiger partial charge in [0.2, 0.25) is 11.8 Å². The molecule has 222 valence electrons. The third kappa shape index (κ3) is 10.8. The van der Waals surface area contributed by atoms with Crippen molar-refractivity contribution in [2.24, 2.45) is 5.92 Å². The van der Waals surface area contributed by atoms with Crippen LogP contribution >= 0.6 is 11.6 Å². The molecular formula is C29H42ClN3O7. The number of carbonyl (C=O) groups is 4. The Morgan fingerprint density at radius 2 is 2.02 bits per heavy atom. The fourth-order valence-electron chi connectivity index (χ4n) is 4.44. The highest BCUT2D eigenvalue weighted by atomic mass is 35.5. The minimum atomic E-state index is -0.896. The average molecular weight is 580 g/mol. The van der Waals surface area contributed by atoms with Crippen molar-refractivity contribution in [2.45, 2.75) is 77.5 Å². The van der Waals surface area contributed by atoms with Crippen LogP contribution in [-0.2, 0) is 36.9 Å². The predicted molar refractivity (Wildman–Crippen MR) is 152 cm³/mol. The van der Waals surface area contributed by atoms with E-state index >= 15 is 0 Å². The second-order valence-electron chi connectivity index (χ2n) is 9.85. The predicted octanol–water partition coefficient (Wildman–Crippen LogP) is 4.39. The van der Waals surface area contributed by atoms with Crippen molar-refractivity contribution in [3.8, 4) is 0 Å². The van der Waals surface area contributed by atoms with Crippen molar-refractivity contribution < 1.29 is 33.8 Å². The molecule has 0 spiro atoms. The number of likely N-dealkylation sites (N-methyl/N-ethyl adjacent to an activating group) is 1. The van der Waals surface area contributed by atoms with Crippen molar-refractivity contribution in [3.05, 3.63) is 46.5 Å². The number of carbonyl (C=O) groups excluding carboxylic acids is 3. The summed E-state index contributed by atoms with van der Waals surface area (Å²) in [4.78, 5) is 47.6. The summed E-state index contributed by atoms with van der Waals surface area (Å²) in [5, 5.41) is 12.5. The molecule has 0 aromatic heterocycles. The Labute approximate surface area is 241 Å². The minimum Gasteiger partial charge on any atom is -0.468 e. The Bertz CT molecular complexity index is 1020. The minimum absolute atomic E-state index is 0.00952. The number of hydrogen-bond donors (Lipinski definition) is 2. The zero-order chi connectivity index (χ0) is 29.5. The maximum absolute atomic E-state index is 12.5. The van der Waals surface area contributed by atoms with Gasteiger partial charge in [-0.1, -0.05) is 49.2 Å². The molecule has 2 aliphatic heterocycles. The van der Waals surface area contributed by atoms with E-state index < -0.39 is 6.09 Å². The normalized spacial score (nSPS) is 23.4. The number of benzene rings is 1. The zero-order valence-electron chi connectivity index (χ0n) is 23.6. The molecule has 0 bridgehead atoms. The van der Waals surface area contributed by atoms with Crippen LogP contribution in [0.3, 0.4) is 0 Å². The van der Waals surface area contributed by atoms with Gasteiger partial charge >= 0.3 is 6.09 Å². The largest absolute Gasteiger partial charge is 0.468 e. The fraction of sp³-hybridized carbons (Fsp3) is 0.586. The van der Waals surface area contributed by atoms with Crippen molar-refractivity contribution in [1.29, 1.82) is 0 Å². The molecule has 1 aliphatic carbocycles. The maximum atomic E-state index is 12.5. The van der Waals surface area contributed by atoms with E-state index in [2.05, 4.69) is 16.1 Å². The van der Waals surface area contributed by atoms with Gasteiger partial charge < -0.3 is 24.8 Å². The summed E-state index contributed by atoms with van der Waals surface area (Å²) in [6, 6.07) is 5.41. The van der Waals surface area contributed by atoms with E-state index in [1.165, 1.54) is 4.90 Å². The molecule has 0 saturated heterocycles. The first kappa shape index (κ1) is 33.1. The highest BCUT2D eigenvalue weighted by Gasteiger charge is 2.38. The lowest BCUT2D eigenvalue weighted by atomic mass is 10.1. The number of nitrogens with zero attached hydrogens (tertiary/aromatic N) is 2. The summed E-state index contributed by atoms with van der Waals surface area (Å²) in [5.74, 6) is 0.458. The third-order valence-corrected chi connectivity index (χ3v) is 7.21. The Balaban J connectivity index is 0.000000261. The lowest BCUT2D eigenvalue weighted by Crippen LogP contribution is -2.48. The molecule has 2 unspecified atom stereocenters. The monoisotopic (exact) mass is 579 g/mol. The van der Waals surface area contributed by atoms with E-state index in [-0.39, 0.29) is 23.9 Å². The summed E-state index contributed by atoms with van der Waals surface area (Å²) in [7, 11) is 1.75. The molecule has 11 heteroatoms. The van der Waals surface area contributed by atoms with E-state index in [0.29, 0.717) is 63.2 Å². The van der Waals surface area contributed by atoms with Gasteiger partial charge in [-0.05, 0) is 55.7 Å². The van der Waals surface area contributed by atoms with Crippen molar-refractivity contribution in [2.75, 3.05) is 26.9 Å². The summed E-state index contributed by atoms with van der Waals surface area (Å²) in [6.45, 7) is 6.86. The molecular weight excluding hydrogens is 538 g/mol. The van der Waals surface area contributed by atoms with E-state index in [1.54, 1.807) is 24.9 Å². The van der Waals surface area contributed by atoms with Crippen LogP contribution in [0.2, 0.25) is 5.02 Å². The first-order valence-electron chi connectivity index (χ1n) is 13.8. The highest BCUT2D eigenvalue weighted by molar-refractivity contribution is 6.31. The number of hydrogen-bond acceptors (Lipinski definition) is 6.